The Morgan fingerprint density at radius 1 is 1.21 bits per heavy atom. The minimum atomic E-state index is 0.233. The van der Waals surface area contributed by atoms with Crippen LogP contribution in [-0.2, 0) is 6.54 Å². The van der Waals surface area contributed by atoms with Gasteiger partial charge in [0.25, 0.3) is 0 Å². The number of aryl methyl sites for hydroxylation is 1. The molecule has 100 valence electrons. The van der Waals surface area contributed by atoms with E-state index in [1.807, 2.05) is 17.8 Å². The molecule has 0 aliphatic carbocycles. The van der Waals surface area contributed by atoms with Crippen molar-refractivity contribution in [2.24, 2.45) is 0 Å². The lowest BCUT2D eigenvalue weighted by molar-refractivity contribution is 0.660. The van der Waals surface area contributed by atoms with E-state index >= 15 is 0 Å². The van der Waals surface area contributed by atoms with E-state index in [-0.39, 0.29) is 5.28 Å². The van der Waals surface area contributed by atoms with Crippen molar-refractivity contribution in [2.75, 3.05) is 18.0 Å². The van der Waals surface area contributed by atoms with Gasteiger partial charge in [-0.1, -0.05) is 0 Å². The van der Waals surface area contributed by atoms with E-state index in [4.69, 9.17) is 11.6 Å². The first-order valence-electron chi connectivity index (χ1n) is 6.45. The lowest BCUT2D eigenvalue weighted by Gasteiger charge is -2.15. The van der Waals surface area contributed by atoms with Gasteiger partial charge in [-0.25, -0.2) is 0 Å². The van der Waals surface area contributed by atoms with Gasteiger partial charge >= 0.3 is 0 Å². The number of rotatable bonds is 3. The van der Waals surface area contributed by atoms with E-state index < -0.39 is 0 Å². The Kier molecular flexibility index (Phi) is 3.33. The number of aromatic nitrogens is 5. The van der Waals surface area contributed by atoms with Crippen molar-refractivity contribution in [3.05, 3.63) is 17.7 Å². The summed E-state index contributed by atoms with van der Waals surface area (Å²) < 4.78 is 1.84. The molecule has 2 aromatic rings. The van der Waals surface area contributed by atoms with Crippen LogP contribution >= 0.6 is 11.6 Å². The van der Waals surface area contributed by atoms with Crippen LogP contribution in [0.1, 0.15) is 19.8 Å². The molecule has 0 bridgehead atoms. The third kappa shape index (κ3) is 2.53. The summed E-state index contributed by atoms with van der Waals surface area (Å²) in [6, 6.07) is 0. The highest BCUT2D eigenvalue weighted by molar-refractivity contribution is 6.28. The van der Waals surface area contributed by atoms with Gasteiger partial charge in [-0.2, -0.15) is 20.1 Å². The topological polar surface area (TPSA) is 59.7 Å². The Morgan fingerprint density at radius 3 is 2.68 bits per heavy atom. The monoisotopic (exact) mass is 278 g/mol. The maximum atomic E-state index is 6.00. The highest BCUT2D eigenvalue weighted by atomic mass is 35.5. The molecule has 3 rings (SSSR count). The van der Waals surface area contributed by atoms with E-state index in [1.54, 1.807) is 6.20 Å². The molecule has 0 saturated carbocycles. The van der Waals surface area contributed by atoms with Crippen molar-refractivity contribution < 1.29 is 0 Å². The second-order valence-electron chi connectivity index (χ2n) is 4.51. The number of halogens is 1. The fourth-order valence-corrected chi connectivity index (χ4v) is 2.33. The van der Waals surface area contributed by atoms with Gasteiger partial charge in [-0.05, 0) is 31.4 Å². The highest BCUT2D eigenvalue weighted by Crippen LogP contribution is 2.21. The third-order valence-electron chi connectivity index (χ3n) is 3.20. The van der Waals surface area contributed by atoms with Gasteiger partial charge in [0.15, 0.2) is 5.82 Å². The molecule has 0 N–H and O–H groups in total. The van der Waals surface area contributed by atoms with Crippen molar-refractivity contribution in [3.8, 4) is 11.4 Å². The molecule has 7 heteroatoms. The maximum Gasteiger partial charge on any atom is 0.230 e. The third-order valence-corrected chi connectivity index (χ3v) is 3.37. The van der Waals surface area contributed by atoms with E-state index in [2.05, 4.69) is 25.0 Å². The predicted octanol–water partition coefficient (Wildman–Crippen LogP) is 2.01. The SMILES string of the molecule is CCn1cc(-c2nc(Cl)nc(N3CCCC3)n2)cn1. The first kappa shape index (κ1) is 12.3. The quantitative estimate of drug-likeness (QED) is 0.859. The van der Waals surface area contributed by atoms with Gasteiger partial charge in [0.1, 0.15) is 0 Å². The highest BCUT2D eigenvalue weighted by Gasteiger charge is 2.17. The molecule has 1 fully saturated rings. The van der Waals surface area contributed by atoms with Crippen LogP contribution in [0.5, 0.6) is 0 Å². The minimum absolute atomic E-state index is 0.233. The van der Waals surface area contributed by atoms with Crippen molar-refractivity contribution in [2.45, 2.75) is 26.3 Å². The summed E-state index contributed by atoms with van der Waals surface area (Å²) in [5, 5.41) is 4.46. The normalized spacial score (nSPS) is 15.2. The first-order valence-corrected chi connectivity index (χ1v) is 6.83. The zero-order valence-corrected chi connectivity index (χ0v) is 11.5. The predicted molar refractivity (Wildman–Crippen MR) is 73.2 cm³/mol. The van der Waals surface area contributed by atoms with Crippen LogP contribution in [0.15, 0.2) is 12.4 Å². The summed E-state index contributed by atoms with van der Waals surface area (Å²) in [7, 11) is 0. The molecule has 0 radical (unpaired) electrons. The van der Waals surface area contributed by atoms with Crippen LogP contribution in [0.25, 0.3) is 11.4 Å². The fourth-order valence-electron chi connectivity index (χ4n) is 2.18. The summed E-state index contributed by atoms with van der Waals surface area (Å²) in [5.74, 6) is 1.25. The van der Waals surface area contributed by atoms with Crippen LogP contribution in [0.3, 0.4) is 0 Å². The van der Waals surface area contributed by atoms with Crippen LogP contribution < -0.4 is 4.90 Å². The van der Waals surface area contributed by atoms with Gasteiger partial charge in [0.2, 0.25) is 11.2 Å². The lowest BCUT2D eigenvalue weighted by Crippen LogP contribution is -2.21. The van der Waals surface area contributed by atoms with E-state index in [1.165, 1.54) is 12.8 Å². The number of hydrogen-bond acceptors (Lipinski definition) is 5. The number of anilines is 1. The second kappa shape index (κ2) is 5.13. The summed E-state index contributed by atoms with van der Waals surface area (Å²) >= 11 is 6.00. The molecule has 1 aliphatic rings. The molecule has 2 aromatic heterocycles. The van der Waals surface area contributed by atoms with Gasteiger partial charge in [0, 0.05) is 25.8 Å². The van der Waals surface area contributed by atoms with Crippen LogP contribution in [0.2, 0.25) is 5.28 Å². The Labute approximate surface area is 116 Å². The second-order valence-corrected chi connectivity index (χ2v) is 4.84. The van der Waals surface area contributed by atoms with Crippen molar-refractivity contribution >= 4 is 17.5 Å². The van der Waals surface area contributed by atoms with E-state index in [0.717, 1.165) is 25.2 Å². The maximum absolute atomic E-state index is 6.00. The molecular weight excluding hydrogens is 264 g/mol. The molecule has 0 amide bonds. The molecular formula is C12H15ClN6. The smallest absolute Gasteiger partial charge is 0.230 e. The molecule has 0 aromatic carbocycles. The van der Waals surface area contributed by atoms with Gasteiger partial charge in [-0.15, -0.1) is 0 Å². The molecule has 6 nitrogen and oxygen atoms in total. The zero-order valence-electron chi connectivity index (χ0n) is 10.8. The lowest BCUT2D eigenvalue weighted by atomic mass is 10.3. The average Bonchev–Trinajstić information content (AvgIpc) is 3.09. The van der Waals surface area contributed by atoms with Gasteiger partial charge < -0.3 is 4.90 Å². The standard InChI is InChI=1S/C12H15ClN6/c1-2-19-8-9(7-14-19)10-15-11(13)17-12(16-10)18-5-3-4-6-18/h7-8H,2-6H2,1H3. The van der Waals surface area contributed by atoms with Crippen molar-refractivity contribution in [1.82, 2.24) is 24.7 Å². The van der Waals surface area contributed by atoms with Crippen LogP contribution in [0.4, 0.5) is 5.95 Å². The molecule has 19 heavy (non-hydrogen) atoms. The summed E-state index contributed by atoms with van der Waals surface area (Å²) in [6.07, 6.45) is 6.02. The Hall–Kier alpha value is -1.69. The Balaban J connectivity index is 1.96. The average molecular weight is 279 g/mol. The Bertz CT molecular complexity index is 575. The molecule has 1 saturated heterocycles. The number of hydrogen-bond donors (Lipinski definition) is 0. The summed E-state index contributed by atoms with van der Waals surface area (Å²) in [4.78, 5) is 15.0. The summed E-state index contributed by atoms with van der Waals surface area (Å²) in [6.45, 7) is 4.81. The van der Waals surface area contributed by atoms with E-state index in [9.17, 15) is 0 Å². The molecule has 1 aliphatic heterocycles. The van der Waals surface area contributed by atoms with Gasteiger partial charge in [0.05, 0.1) is 11.8 Å². The first-order chi connectivity index (χ1) is 9.26. The molecule has 3 heterocycles. The largest absolute Gasteiger partial charge is 0.341 e. The molecule has 0 spiro atoms. The molecule has 0 atom stereocenters. The zero-order chi connectivity index (χ0) is 13.2. The minimum Gasteiger partial charge on any atom is -0.341 e. The number of nitrogens with zero attached hydrogens (tertiary/aromatic N) is 6. The summed E-state index contributed by atoms with van der Waals surface area (Å²) in [5.41, 5.74) is 0.867. The van der Waals surface area contributed by atoms with Crippen LogP contribution in [-0.4, -0.2) is 37.8 Å². The van der Waals surface area contributed by atoms with E-state index in [0.29, 0.717) is 11.8 Å². The van der Waals surface area contributed by atoms with Crippen LogP contribution in [0, 0.1) is 0 Å². The van der Waals surface area contributed by atoms with Crippen molar-refractivity contribution in [3.63, 3.8) is 0 Å². The molecule has 0 unspecified atom stereocenters. The van der Waals surface area contributed by atoms with Crippen molar-refractivity contribution in [1.29, 1.82) is 0 Å². The Morgan fingerprint density at radius 2 is 2.00 bits per heavy atom. The fraction of sp³-hybridized carbons (Fsp3) is 0.500. The van der Waals surface area contributed by atoms with Gasteiger partial charge in [-0.3, -0.25) is 4.68 Å².